The molecule has 1 aliphatic rings. The highest BCUT2D eigenvalue weighted by Crippen LogP contribution is 2.50. The smallest absolute Gasteiger partial charge is 0.123 e. The molecule has 0 aromatic heterocycles. The largest absolute Gasteiger partial charge is 0.359 e. The van der Waals surface area contributed by atoms with Crippen LogP contribution in [-0.2, 0) is 4.74 Å². The molecule has 3 rings (SSSR count). The molecule has 86 valence electrons. The number of benzene rings is 2. The molecular formula is C15H13FO. The van der Waals surface area contributed by atoms with E-state index < -0.39 is 0 Å². The number of hydrogen-bond donors (Lipinski definition) is 0. The third-order valence-electron chi connectivity index (χ3n) is 3.10. The number of hydrogen-bond acceptors (Lipinski definition) is 1. The van der Waals surface area contributed by atoms with Gasteiger partial charge in [-0.15, -0.1) is 0 Å². The molecule has 0 amide bonds. The highest BCUT2D eigenvalue weighted by molar-refractivity contribution is 5.31. The minimum absolute atomic E-state index is 0.0818. The Morgan fingerprint density at radius 3 is 1.82 bits per heavy atom. The van der Waals surface area contributed by atoms with Crippen LogP contribution in [0.1, 0.15) is 28.9 Å². The van der Waals surface area contributed by atoms with Gasteiger partial charge in [0.25, 0.3) is 0 Å². The summed E-state index contributed by atoms with van der Waals surface area (Å²) >= 11 is 0. The molecule has 0 radical (unpaired) electrons. The Kier molecular flexibility index (Phi) is 2.45. The van der Waals surface area contributed by atoms with Crippen molar-refractivity contribution in [2.24, 2.45) is 0 Å². The van der Waals surface area contributed by atoms with E-state index in [-0.39, 0.29) is 18.0 Å². The number of aryl methyl sites for hydroxylation is 1. The molecule has 1 nitrogen and oxygen atoms in total. The SMILES string of the molecule is Cc1ccc([C@@H]2O[C@@H]2c2ccc(F)cc2)cc1. The van der Waals surface area contributed by atoms with Crippen molar-refractivity contribution in [3.63, 3.8) is 0 Å². The van der Waals surface area contributed by atoms with Gasteiger partial charge in [-0.25, -0.2) is 4.39 Å². The Morgan fingerprint density at radius 1 is 0.824 bits per heavy atom. The van der Waals surface area contributed by atoms with Gasteiger partial charge in [-0.3, -0.25) is 0 Å². The van der Waals surface area contributed by atoms with E-state index in [0.717, 1.165) is 5.56 Å². The zero-order chi connectivity index (χ0) is 11.8. The van der Waals surface area contributed by atoms with Crippen molar-refractivity contribution in [1.82, 2.24) is 0 Å². The maximum atomic E-state index is 12.8. The predicted octanol–water partition coefficient (Wildman–Crippen LogP) is 3.95. The second-order valence-electron chi connectivity index (χ2n) is 4.44. The lowest BCUT2D eigenvalue weighted by atomic mass is 10.0. The predicted molar refractivity (Wildman–Crippen MR) is 64.1 cm³/mol. The van der Waals surface area contributed by atoms with Gasteiger partial charge >= 0.3 is 0 Å². The fourth-order valence-electron chi connectivity index (χ4n) is 2.03. The average molecular weight is 228 g/mol. The van der Waals surface area contributed by atoms with Gasteiger partial charge in [0.2, 0.25) is 0 Å². The van der Waals surface area contributed by atoms with E-state index in [9.17, 15) is 4.39 Å². The Labute approximate surface area is 99.9 Å². The van der Waals surface area contributed by atoms with Crippen LogP contribution >= 0.6 is 0 Å². The fourth-order valence-corrected chi connectivity index (χ4v) is 2.03. The molecular weight excluding hydrogens is 215 g/mol. The Balaban J connectivity index is 1.78. The van der Waals surface area contributed by atoms with Crippen LogP contribution in [0.4, 0.5) is 4.39 Å². The van der Waals surface area contributed by atoms with Gasteiger partial charge in [-0.1, -0.05) is 42.0 Å². The maximum absolute atomic E-state index is 12.8. The van der Waals surface area contributed by atoms with Gasteiger partial charge in [0.05, 0.1) is 0 Å². The summed E-state index contributed by atoms with van der Waals surface area (Å²) in [5.41, 5.74) is 3.47. The molecule has 17 heavy (non-hydrogen) atoms. The van der Waals surface area contributed by atoms with E-state index in [0.29, 0.717) is 0 Å². The van der Waals surface area contributed by atoms with Gasteiger partial charge in [0, 0.05) is 0 Å². The molecule has 1 heterocycles. The first-order valence-electron chi connectivity index (χ1n) is 5.71. The zero-order valence-corrected chi connectivity index (χ0v) is 9.56. The molecule has 0 bridgehead atoms. The van der Waals surface area contributed by atoms with E-state index in [1.807, 2.05) is 0 Å². The van der Waals surface area contributed by atoms with Crippen molar-refractivity contribution < 1.29 is 9.13 Å². The van der Waals surface area contributed by atoms with Crippen molar-refractivity contribution in [2.45, 2.75) is 19.1 Å². The van der Waals surface area contributed by atoms with Gasteiger partial charge in [-0.2, -0.15) is 0 Å². The number of halogens is 1. The van der Waals surface area contributed by atoms with Crippen LogP contribution in [0.2, 0.25) is 0 Å². The molecule has 0 saturated carbocycles. The normalized spacial score (nSPS) is 22.5. The first kappa shape index (κ1) is 10.5. The summed E-state index contributed by atoms with van der Waals surface area (Å²) in [6.07, 6.45) is 0.208. The van der Waals surface area contributed by atoms with Crippen molar-refractivity contribution >= 4 is 0 Å². The molecule has 1 aliphatic heterocycles. The van der Waals surface area contributed by atoms with Crippen LogP contribution in [0.3, 0.4) is 0 Å². The van der Waals surface area contributed by atoms with Crippen LogP contribution in [0.5, 0.6) is 0 Å². The molecule has 2 atom stereocenters. The summed E-state index contributed by atoms with van der Waals surface area (Å²) in [5, 5.41) is 0. The standard InChI is InChI=1S/C15H13FO/c1-10-2-4-11(5-3-10)14-15(17-14)12-6-8-13(16)9-7-12/h2-9,14-15H,1H3/t14-,15+/m0/s1. The minimum Gasteiger partial charge on any atom is -0.359 e. The van der Waals surface area contributed by atoms with Gasteiger partial charge in [0.1, 0.15) is 18.0 Å². The minimum atomic E-state index is -0.207. The van der Waals surface area contributed by atoms with E-state index in [1.165, 1.54) is 23.3 Å². The van der Waals surface area contributed by atoms with Crippen LogP contribution in [0, 0.1) is 12.7 Å². The molecule has 0 aliphatic carbocycles. The van der Waals surface area contributed by atoms with E-state index in [4.69, 9.17) is 4.74 Å². The summed E-state index contributed by atoms with van der Waals surface area (Å²) in [4.78, 5) is 0. The van der Waals surface area contributed by atoms with E-state index >= 15 is 0 Å². The summed E-state index contributed by atoms with van der Waals surface area (Å²) < 4.78 is 18.4. The molecule has 0 spiro atoms. The molecule has 2 heteroatoms. The van der Waals surface area contributed by atoms with Crippen LogP contribution in [0.25, 0.3) is 0 Å². The van der Waals surface area contributed by atoms with Crippen LogP contribution < -0.4 is 0 Å². The van der Waals surface area contributed by atoms with E-state index in [2.05, 4.69) is 31.2 Å². The third-order valence-corrected chi connectivity index (χ3v) is 3.10. The van der Waals surface area contributed by atoms with Crippen molar-refractivity contribution in [2.75, 3.05) is 0 Å². The highest BCUT2D eigenvalue weighted by atomic mass is 19.1. The lowest BCUT2D eigenvalue weighted by molar-refractivity contribution is 0.377. The monoisotopic (exact) mass is 228 g/mol. The summed E-state index contributed by atoms with van der Waals surface area (Å²) in [6, 6.07) is 14.9. The Hall–Kier alpha value is -1.67. The molecule has 2 aromatic carbocycles. The Morgan fingerprint density at radius 2 is 1.29 bits per heavy atom. The fraction of sp³-hybridized carbons (Fsp3) is 0.200. The average Bonchev–Trinajstić information content (AvgIpc) is 3.11. The molecule has 1 fully saturated rings. The van der Waals surface area contributed by atoms with E-state index in [1.54, 1.807) is 12.1 Å². The lowest BCUT2D eigenvalue weighted by Gasteiger charge is -1.98. The molecule has 0 N–H and O–H groups in total. The first-order chi connectivity index (χ1) is 8.24. The number of epoxide rings is 1. The first-order valence-corrected chi connectivity index (χ1v) is 5.71. The van der Waals surface area contributed by atoms with Crippen LogP contribution in [-0.4, -0.2) is 0 Å². The van der Waals surface area contributed by atoms with Crippen molar-refractivity contribution in [3.8, 4) is 0 Å². The molecule has 1 saturated heterocycles. The maximum Gasteiger partial charge on any atom is 0.123 e. The van der Waals surface area contributed by atoms with Crippen molar-refractivity contribution in [1.29, 1.82) is 0 Å². The molecule has 2 aromatic rings. The topological polar surface area (TPSA) is 12.5 Å². The van der Waals surface area contributed by atoms with Crippen LogP contribution in [0.15, 0.2) is 48.5 Å². The number of ether oxygens (including phenoxy) is 1. The van der Waals surface area contributed by atoms with Gasteiger partial charge in [-0.05, 0) is 30.2 Å². The second-order valence-corrected chi connectivity index (χ2v) is 4.44. The summed E-state index contributed by atoms with van der Waals surface area (Å²) in [7, 11) is 0. The third kappa shape index (κ3) is 2.08. The number of rotatable bonds is 2. The summed E-state index contributed by atoms with van der Waals surface area (Å²) in [5.74, 6) is -0.207. The second kappa shape index (κ2) is 3.97. The highest BCUT2D eigenvalue weighted by Gasteiger charge is 2.41. The Bertz CT molecular complexity index is 466. The van der Waals surface area contributed by atoms with Crippen molar-refractivity contribution in [3.05, 3.63) is 71.0 Å². The quantitative estimate of drug-likeness (QED) is 0.709. The van der Waals surface area contributed by atoms with Gasteiger partial charge < -0.3 is 4.74 Å². The molecule has 0 unspecified atom stereocenters. The van der Waals surface area contributed by atoms with Gasteiger partial charge in [0.15, 0.2) is 0 Å². The summed E-state index contributed by atoms with van der Waals surface area (Å²) in [6.45, 7) is 2.06. The zero-order valence-electron chi connectivity index (χ0n) is 9.56. The lowest BCUT2D eigenvalue weighted by Crippen LogP contribution is -1.85.